The van der Waals surface area contributed by atoms with E-state index in [1.54, 1.807) is 30.3 Å². The first-order chi connectivity index (χ1) is 28.0. The summed E-state index contributed by atoms with van der Waals surface area (Å²) in [6.45, 7) is 3.06. The lowest BCUT2D eigenvalue weighted by Gasteiger charge is -2.32. The summed E-state index contributed by atoms with van der Waals surface area (Å²) in [4.78, 5) is 14.6. The molecule has 0 amide bonds. The predicted octanol–water partition coefficient (Wildman–Crippen LogP) is 7.53. The first-order valence-electron chi connectivity index (χ1n) is 21.0. The number of aliphatic hydroxyl groups excluding tert-OH is 1. The van der Waals surface area contributed by atoms with Gasteiger partial charge in [0.15, 0.2) is 11.4 Å². The molecular formula is C42H66N5O10P. The first kappa shape index (κ1) is 47.5. The molecule has 58 heavy (non-hydrogen) atoms. The fraction of sp³-hybridized carbons (Fsp3) is 0.690. The molecule has 5 N–H and O–H groups in total. The molecule has 1 aliphatic heterocycles. The third-order valence-corrected chi connectivity index (χ3v) is 11.8. The van der Waals surface area contributed by atoms with Crippen LogP contribution in [0.3, 0.4) is 0 Å². The van der Waals surface area contributed by atoms with Gasteiger partial charge in [0.05, 0.1) is 57.5 Å². The highest BCUT2D eigenvalue weighted by atomic mass is 31.2. The Bertz CT molecular complexity index is 1760. The Morgan fingerprint density at radius 2 is 1.62 bits per heavy atom. The second-order valence-corrected chi connectivity index (χ2v) is 17.0. The van der Waals surface area contributed by atoms with Crippen LogP contribution in [-0.4, -0.2) is 87.7 Å². The summed E-state index contributed by atoms with van der Waals surface area (Å²) in [5.74, 6) is 0.656. The number of nitrogens with zero attached hydrogens (tertiary/aromatic N) is 4. The molecule has 4 rings (SSSR count). The Labute approximate surface area is 343 Å². The van der Waals surface area contributed by atoms with E-state index in [2.05, 4.69) is 23.1 Å². The van der Waals surface area contributed by atoms with Crippen LogP contribution in [0.2, 0.25) is 0 Å². The average Bonchev–Trinajstić information content (AvgIpc) is 3.77. The maximum absolute atomic E-state index is 13.1. The number of ether oxygens (including phenoxy) is 4. The molecule has 0 spiro atoms. The van der Waals surface area contributed by atoms with Gasteiger partial charge in [-0.1, -0.05) is 109 Å². The molecule has 0 radical (unpaired) electrons. The molecule has 2 aromatic heterocycles. The van der Waals surface area contributed by atoms with Gasteiger partial charge in [-0.25, -0.2) is 14.1 Å². The molecule has 1 aromatic carbocycles. The minimum absolute atomic E-state index is 0.0591. The quantitative estimate of drug-likeness (QED) is 0.0378. The van der Waals surface area contributed by atoms with E-state index in [0.717, 1.165) is 19.3 Å². The zero-order chi connectivity index (χ0) is 41.9. The number of phosphoric ester groups is 1. The maximum Gasteiger partial charge on any atom is 0.472 e. The van der Waals surface area contributed by atoms with Crippen molar-refractivity contribution in [2.75, 3.05) is 45.9 Å². The zero-order valence-electron chi connectivity index (χ0n) is 34.7. The number of nitriles is 1. The molecule has 15 nitrogen and oxygen atoms in total. The Morgan fingerprint density at radius 1 is 0.983 bits per heavy atom. The van der Waals surface area contributed by atoms with Gasteiger partial charge in [-0.3, -0.25) is 9.05 Å². The first-order valence-corrected chi connectivity index (χ1v) is 22.5. The number of nitrogen functional groups attached to an aromatic ring is 1. The van der Waals surface area contributed by atoms with Crippen molar-refractivity contribution in [1.82, 2.24) is 14.6 Å². The van der Waals surface area contributed by atoms with Crippen molar-refractivity contribution in [1.29, 1.82) is 5.26 Å². The van der Waals surface area contributed by atoms with Gasteiger partial charge in [0, 0.05) is 12.2 Å². The van der Waals surface area contributed by atoms with Gasteiger partial charge in [-0.05, 0) is 37.6 Å². The number of benzene rings is 1. The van der Waals surface area contributed by atoms with E-state index in [1.165, 1.54) is 108 Å². The summed E-state index contributed by atoms with van der Waals surface area (Å²) in [5.41, 5.74) is 4.13. The van der Waals surface area contributed by atoms with Crippen molar-refractivity contribution < 1.29 is 47.7 Å². The lowest BCUT2D eigenvalue weighted by molar-refractivity contribution is -0.101. The molecule has 0 aliphatic carbocycles. The van der Waals surface area contributed by atoms with Crippen molar-refractivity contribution in [3.63, 3.8) is 0 Å². The number of hydrogen-bond acceptors (Lipinski definition) is 13. The highest BCUT2D eigenvalue weighted by Crippen LogP contribution is 2.47. The number of unbranched alkanes of at least 4 members (excludes halogenated alkanes) is 15. The van der Waals surface area contributed by atoms with Gasteiger partial charge in [-0.2, -0.15) is 10.4 Å². The van der Waals surface area contributed by atoms with Crippen LogP contribution in [0.25, 0.3) is 5.52 Å². The van der Waals surface area contributed by atoms with Crippen LogP contribution in [0.1, 0.15) is 133 Å². The van der Waals surface area contributed by atoms with Crippen LogP contribution in [-0.2, 0) is 40.0 Å². The zero-order valence-corrected chi connectivity index (χ0v) is 35.6. The summed E-state index contributed by atoms with van der Waals surface area (Å²) >= 11 is 0. The highest BCUT2D eigenvalue weighted by Gasteiger charge is 2.58. The van der Waals surface area contributed by atoms with E-state index in [0.29, 0.717) is 29.0 Å². The van der Waals surface area contributed by atoms with Gasteiger partial charge in [0.2, 0.25) is 0 Å². The second kappa shape index (κ2) is 24.2. The number of phosphoric acid groups is 1. The maximum atomic E-state index is 13.1. The number of rotatable bonds is 30. The number of aromatic nitrogens is 3. The molecule has 324 valence electrons. The number of aliphatic hydroxyl groups is 2. The van der Waals surface area contributed by atoms with Crippen molar-refractivity contribution in [2.45, 2.75) is 147 Å². The van der Waals surface area contributed by atoms with Crippen molar-refractivity contribution in [2.24, 2.45) is 0 Å². The summed E-state index contributed by atoms with van der Waals surface area (Å²) in [5, 5.41) is 36.3. The fourth-order valence-electron chi connectivity index (χ4n) is 7.23. The van der Waals surface area contributed by atoms with Crippen LogP contribution >= 0.6 is 7.82 Å². The SMILES string of the molecule is CCCCCCCCCCCCCCCCCCOC[C@H](COP(=O)(O)OC[C@@]1(C)OC[C@@](O)(c2ccc3c(N)ncnn23)[C@@H]1O)OCc1ccc(C#N)cc1OC. The number of anilines is 1. The number of nitrogens with two attached hydrogens (primary N) is 1. The van der Waals surface area contributed by atoms with Gasteiger partial charge < -0.3 is 39.8 Å². The predicted molar refractivity (Wildman–Crippen MR) is 220 cm³/mol. The lowest BCUT2D eigenvalue weighted by atomic mass is 9.86. The van der Waals surface area contributed by atoms with Crippen LogP contribution in [0, 0.1) is 11.3 Å². The van der Waals surface area contributed by atoms with Gasteiger partial charge in [0.25, 0.3) is 0 Å². The fourth-order valence-corrected chi connectivity index (χ4v) is 8.08. The molecule has 0 saturated carbocycles. The summed E-state index contributed by atoms with van der Waals surface area (Å²) in [7, 11) is -3.23. The monoisotopic (exact) mass is 831 g/mol. The van der Waals surface area contributed by atoms with Crippen molar-refractivity contribution in [3.05, 3.63) is 53.5 Å². The van der Waals surface area contributed by atoms with Gasteiger partial charge >= 0.3 is 7.82 Å². The van der Waals surface area contributed by atoms with Gasteiger partial charge in [-0.15, -0.1) is 0 Å². The van der Waals surface area contributed by atoms with Crippen LogP contribution < -0.4 is 10.5 Å². The lowest BCUT2D eigenvalue weighted by Crippen LogP contribution is -2.49. The molecule has 3 aromatic rings. The second-order valence-electron chi connectivity index (χ2n) is 15.6. The molecule has 0 bridgehead atoms. The number of methoxy groups -OCH3 is 1. The third kappa shape index (κ3) is 14.2. The molecule has 5 atom stereocenters. The Morgan fingerprint density at radius 3 is 2.24 bits per heavy atom. The van der Waals surface area contributed by atoms with E-state index >= 15 is 0 Å². The number of fused-ring (bicyclic) bond motifs is 1. The van der Waals surface area contributed by atoms with Crippen LogP contribution in [0.4, 0.5) is 5.82 Å². The molecule has 1 fully saturated rings. The molecule has 3 heterocycles. The van der Waals surface area contributed by atoms with E-state index in [-0.39, 0.29) is 37.9 Å². The Hall–Kier alpha value is -3.16. The standard InChI is InChI=1S/C42H66N5O10P/c1-4-5-6-7-8-9-10-11-12-13-14-15-16-17-18-19-24-53-28-35(54-27-34-21-20-33(26-43)25-37(34)52-3)29-56-58(50,51)57-30-41(2)40(48)42(49,31-55-41)38-23-22-36-39(44)45-32-46-47(36)38/h20-23,25,32,35,40,48-49H,4-19,24,27-31H2,1-3H3,(H,50,51)(H2,44,45,46)/t35-,40-,41-,42-/m1/s1. The smallest absolute Gasteiger partial charge is 0.472 e. The summed E-state index contributed by atoms with van der Waals surface area (Å²) in [6, 6.07) is 10.2. The summed E-state index contributed by atoms with van der Waals surface area (Å²) in [6.07, 6.45) is 19.3. The molecule has 16 heteroatoms. The summed E-state index contributed by atoms with van der Waals surface area (Å²) < 4.78 is 48.4. The van der Waals surface area contributed by atoms with E-state index in [9.17, 15) is 24.9 Å². The third-order valence-electron chi connectivity index (χ3n) is 10.9. The average molecular weight is 832 g/mol. The van der Waals surface area contributed by atoms with E-state index < -0.39 is 37.8 Å². The van der Waals surface area contributed by atoms with E-state index in [1.807, 2.05) is 0 Å². The van der Waals surface area contributed by atoms with Gasteiger partial charge in [0.1, 0.15) is 35.4 Å². The minimum Gasteiger partial charge on any atom is -0.496 e. The molecule has 1 aliphatic rings. The van der Waals surface area contributed by atoms with Crippen molar-refractivity contribution in [3.8, 4) is 11.8 Å². The molecule has 1 saturated heterocycles. The van der Waals surface area contributed by atoms with Crippen LogP contribution in [0.15, 0.2) is 36.7 Å². The molecule has 1 unspecified atom stereocenters. The minimum atomic E-state index is -4.73. The van der Waals surface area contributed by atoms with Crippen LogP contribution in [0.5, 0.6) is 5.75 Å². The van der Waals surface area contributed by atoms with Crippen molar-refractivity contribution >= 4 is 19.2 Å². The number of hydrogen-bond donors (Lipinski definition) is 4. The topological polar surface area (TPSA) is 213 Å². The highest BCUT2D eigenvalue weighted by molar-refractivity contribution is 7.47. The van der Waals surface area contributed by atoms with E-state index in [4.69, 9.17) is 33.7 Å². The Kier molecular flexibility index (Phi) is 19.8. The Balaban J connectivity index is 1.20. The normalized spacial score (nSPS) is 20.9. The molecular weight excluding hydrogens is 765 g/mol. The largest absolute Gasteiger partial charge is 0.496 e.